The first-order chi connectivity index (χ1) is 12.1. The van der Waals surface area contributed by atoms with Gasteiger partial charge in [0.15, 0.2) is 5.17 Å². The van der Waals surface area contributed by atoms with Crippen LogP contribution in [-0.2, 0) is 9.53 Å². The molecular formula is C18H20N2O4S. The maximum Gasteiger partial charge on any atom is 0.338 e. The van der Waals surface area contributed by atoms with Gasteiger partial charge in [-0.05, 0) is 37.5 Å². The number of amidine groups is 1. The fourth-order valence-electron chi connectivity index (χ4n) is 2.93. The molecule has 0 radical (unpaired) electrons. The first-order valence-corrected chi connectivity index (χ1v) is 8.78. The van der Waals surface area contributed by atoms with Crippen LogP contribution in [0.15, 0.2) is 46.1 Å². The summed E-state index contributed by atoms with van der Waals surface area (Å²) in [7, 11) is 3.22. The van der Waals surface area contributed by atoms with Gasteiger partial charge < -0.3 is 19.1 Å². The zero-order valence-electron chi connectivity index (χ0n) is 14.6. The Balaban J connectivity index is 2.18. The third-order valence-electron chi connectivity index (χ3n) is 4.05. The molecule has 0 amide bonds. The fourth-order valence-corrected chi connectivity index (χ4v) is 3.72. The van der Waals surface area contributed by atoms with E-state index in [1.807, 2.05) is 41.6 Å². The highest BCUT2D eigenvalue weighted by atomic mass is 32.2. The summed E-state index contributed by atoms with van der Waals surface area (Å²) in [6, 6.07) is 5.17. The topological polar surface area (TPSA) is 60.4 Å². The van der Waals surface area contributed by atoms with Crippen molar-refractivity contribution in [1.82, 2.24) is 4.90 Å². The van der Waals surface area contributed by atoms with Gasteiger partial charge in [0.1, 0.15) is 11.5 Å². The number of aliphatic imine (C=N–C) groups is 1. The van der Waals surface area contributed by atoms with Crippen molar-refractivity contribution in [3.05, 3.63) is 46.6 Å². The quantitative estimate of drug-likeness (QED) is 0.750. The van der Waals surface area contributed by atoms with Gasteiger partial charge in [0, 0.05) is 11.8 Å². The van der Waals surface area contributed by atoms with E-state index in [-0.39, 0.29) is 12.0 Å². The minimum absolute atomic E-state index is 0.304. The molecule has 0 aliphatic carbocycles. The summed E-state index contributed by atoms with van der Waals surface area (Å²) < 4.78 is 16.2. The second-order valence-corrected chi connectivity index (χ2v) is 6.31. The Labute approximate surface area is 151 Å². The van der Waals surface area contributed by atoms with Gasteiger partial charge in [-0.3, -0.25) is 0 Å². The third-order valence-corrected chi connectivity index (χ3v) is 4.82. The molecule has 132 valence electrons. The summed E-state index contributed by atoms with van der Waals surface area (Å²) in [5.41, 5.74) is 1.98. The summed E-state index contributed by atoms with van der Waals surface area (Å²) in [6.07, 6.45) is 1.92. The van der Waals surface area contributed by atoms with Crippen LogP contribution in [0, 0.1) is 0 Å². The van der Waals surface area contributed by atoms with Gasteiger partial charge in [-0.15, -0.1) is 0 Å². The molecule has 1 aromatic carbocycles. The van der Waals surface area contributed by atoms with Crippen LogP contribution >= 0.6 is 11.8 Å². The van der Waals surface area contributed by atoms with Crippen molar-refractivity contribution in [3.63, 3.8) is 0 Å². The van der Waals surface area contributed by atoms with Gasteiger partial charge in [0.25, 0.3) is 0 Å². The molecule has 2 heterocycles. The number of rotatable bonds is 5. The number of hydrogen-bond acceptors (Lipinski definition) is 7. The van der Waals surface area contributed by atoms with Gasteiger partial charge in [-0.25, -0.2) is 9.79 Å². The fraction of sp³-hybridized carbons (Fsp3) is 0.333. The summed E-state index contributed by atoms with van der Waals surface area (Å²) in [5.74, 6) is 0.992. The SMILES string of the molecule is CCOC(=O)C1=C(C)N=C2SC=CN2[C@@H]1c1cc(OC)ccc1OC. The predicted molar refractivity (Wildman–Crippen MR) is 97.6 cm³/mol. The number of carbonyl (C=O) groups is 1. The Hall–Kier alpha value is -2.41. The number of ether oxygens (including phenoxy) is 3. The molecule has 7 heteroatoms. The minimum Gasteiger partial charge on any atom is -0.497 e. The molecule has 0 bridgehead atoms. The Bertz CT molecular complexity index is 785. The number of benzene rings is 1. The van der Waals surface area contributed by atoms with Crippen LogP contribution < -0.4 is 9.47 Å². The van der Waals surface area contributed by atoms with Crippen LogP contribution in [0.5, 0.6) is 11.5 Å². The average molecular weight is 360 g/mol. The van der Waals surface area contributed by atoms with E-state index in [0.717, 1.165) is 10.7 Å². The molecule has 0 spiro atoms. The summed E-state index contributed by atoms with van der Waals surface area (Å²) in [5, 5.41) is 2.76. The van der Waals surface area contributed by atoms with Crippen molar-refractivity contribution in [2.24, 2.45) is 4.99 Å². The van der Waals surface area contributed by atoms with E-state index in [4.69, 9.17) is 14.2 Å². The van der Waals surface area contributed by atoms with Gasteiger partial charge in [0.2, 0.25) is 0 Å². The molecule has 1 atom stereocenters. The Kier molecular flexibility index (Phi) is 5.03. The number of hydrogen-bond donors (Lipinski definition) is 0. The number of carbonyl (C=O) groups excluding carboxylic acids is 1. The molecule has 0 saturated carbocycles. The zero-order chi connectivity index (χ0) is 18.0. The van der Waals surface area contributed by atoms with E-state index in [9.17, 15) is 4.79 Å². The Morgan fingerprint density at radius 3 is 2.80 bits per heavy atom. The van der Waals surface area contributed by atoms with Gasteiger partial charge in [-0.1, -0.05) is 11.8 Å². The molecule has 1 aromatic rings. The number of methoxy groups -OCH3 is 2. The summed E-state index contributed by atoms with van der Waals surface area (Å²) >= 11 is 1.52. The number of thioether (sulfide) groups is 1. The number of fused-ring (bicyclic) bond motifs is 1. The molecule has 0 aromatic heterocycles. The van der Waals surface area contributed by atoms with Crippen molar-refractivity contribution in [2.75, 3.05) is 20.8 Å². The van der Waals surface area contributed by atoms with Gasteiger partial charge >= 0.3 is 5.97 Å². The third kappa shape index (κ3) is 3.11. The van der Waals surface area contributed by atoms with Crippen LogP contribution in [0.4, 0.5) is 0 Å². The minimum atomic E-state index is -0.386. The first kappa shape index (κ1) is 17.4. The van der Waals surface area contributed by atoms with E-state index in [1.54, 1.807) is 21.1 Å². The Morgan fingerprint density at radius 2 is 2.12 bits per heavy atom. The van der Waals surface area contributed by atoms with Gasteiger partial charge in [-0.2, -0.15) is 0 Å². The van der Waals surface area contributed by atoms with Crippen molar-refractivity contribution < 1.29 is 19.0 Å². The molecule has 25 heavy (non-hydrogen) atoms. The highest BCUT2D eigenvalue weighted by molar-refractivity contribution is 8.16. The van der Waals surface area contributed by atoms with E-state index in [1.165, 1.54) is 11.8 Å². The van der Waals surface area contributed by atoms with Crippen LogP contribution in [0.1, 0.15) is 25.5 Å². The largest absolute Gasteiger partial charge is 0.497 e. The molecule has 0 N–H and O–H groups in total. The molecule has 0 saturated heterocycles. The number of nitrogens with zero attached hydrogens (tertiary/aromatic N) is 2. The predicted octanol–water partition coefficient (Wildman–Crippen LogP) is 3.47. The summed E-state index contributed by atoms with van der Waals surface area (Å²) in [4.78, 5) is 19.2. The van der Waals surface area contributed by atoms with Crippen molar-refractivity contribution in [2.45, 2.75) is 19.9 Å². The lowest BCUT2D eigenvalue weighted by molar-refractivity contribution is -0.139. The van der Waals surface area contributed by atoms with Crippen molar-refractivity contribution >= 4 is 22.9 Å². The van der Waals surface area contributed by atoms with E-state index < -0.39 is 0 Å². The highest BCUT2D eigenvalue weighted by Crippen LogP contribution is 2.44. The molecule has 3 rings (SSSR count). The van der Waals surface area contributed by atoms with E-state index in [0.29, 0.717) is 29.4 Å². The van der Waals surface area contributed by atoms with Gasteiger partial charge in [0.05, 0.1) is 38.1 Å². The first-order valence-electron chi connectivity index (χ1n) is 7.90. The molecular weight excluding hydrogens is 340 g/mol. The standard InChI is InChI=1S/C18H20N2O4S/c1-5-24-17(21)15-11(2)19-18-20(8-9-25-18)16(15)13-10-12(22-3)6-7-14(13)23-4/h6-10,16H,5H2,1-4H3/t16-/m1/s1. The lowest BCUT2D eigenvalue weighted by Gasteiger charge is -2.34. The molecule has 2 aliphatic rings. The van der Waals surface area contributed by atoms with Crippen LogP contribution in [0.2, 0.25) is 0 Å². The normalized spacial score (nSPS) is 18.8. The Morgan fingerprint density at radius 1 is 1.32 bits per heavy atom. The number of allylic oxidation sites excluding steroid dienone is 1. The second kappa shape index (κ2) is 7.23. The molecule has 0 unspecified atom stereocenters. The second-order valence-electron chi connectivity index (χ2n) is 5.43. The number of esters is 1. The maximum atomic E-state index is 12.7. The monoisotopic (exact) mass is 360 g/mol. The lowest BCUT2D eigenvalue weighted by atomic mass is 9.94. The van der Waals surface area contributed by atoms with Crippen LogP contribution in [-0.4, -0.2) is 36.9 Å². The molecule has 2 aliphatic heterocycles. The van der Waals surface area contributed by atoms with Crippen molar-refractivity contribution in [1.29, 1.82) is 0 Å². The van der Waals surface area contributed by atoms with Crippen molar-refractivity contribution in [3.8, 4) is 11.5 Å². The maximum absolute atomic E-state index is 12.7. The smallest absolute Gasteiger partial charge is 0.338 e. The highest BCUT2D eigenvalue weighted by Gasteiger charge is 2.39. The van der Waals surface area contributed by atoms with Crippen LogP contribution in [0.3, 0.4) is 0 Å². The van der Waals surface area contributed by atoms with E-state index >= 15 is 0 Å². The zero-order valence-corrected chi connectivity index (χ0v) is 15.4. The summed E-state index contributed by atoms with van der Waals surface area (Å²) in [6.45, 7) is 3.92. The lowest BCUT2D eigenvalue weighted by Crippen LogP contribution is -2.34. The van der Waals surface area contributed by atoms with Crippen LogP contribution in [0.25, 0.3) is 0 Å². The average Bonchev–Trinajstić information content (AvgIpc) is 3.07. The molecule has 6 nitrogen and oxygen atoms in total. The van der Waals surface area contributed by atoms with E-state index in [2.05, 4.69) is 4.99 Å². The molecule has 0 fully saturated rings.